The van der Waals surface area contributed by atoms with Gasteiger partial charge in [0, 0.05) is 11.4 Å². The predicted molar refractivity (Wildman–Crippen MR) is 111 cm³/mol. The fourth-order valence-electron chi connectivity index (χ4n) is 2.26. The molecule has 0 fully saturated rings. The summed E-state index contributed by atoms with van der Waals surface area (Å²) in [6, 6.07) is 14.9. The number of hydrogen-bond donors (Lipinski definition) is 2. The molecular weight excluding hydrogens is 340 g/mol. The van der Waals surface area contributed by atoms with Crippen LogP contribution in [0.3, 0.4) is 0 Å². The average molecular weight is 368 g/mol. The minimum Gasteiger partial charge on any atom is -0.494 e. The number of carbonyl (C=O) groups is 1. The van der Waals surface area contributed by atoms with Gasteiger partial charge >= 0.3 is 0 Å². The molecule has 0 atom stereocenters. The molecule has 5 nitrogen and oxygen atoms in total. The molecule has 27 heavy (non-hydrogen) atoms. The highest BCUT2D eigenvalue weighted by Crippen LogP contribution is 2.17. The standard InChI is InChI=1S/C22H28N2O3/c1-4-14-26-20-9-5-18(6-10-20)23-16-22(25)24-19-7-11-21(12-8-19)27-15-13-17(2)3/h4-12,17,23H,1,13-16H2,2-3H3,(H,24,25). The van der Waals surface area contributed by atoms with Crippen molar-refractivity contribution in [2.75, 3.05) is 30.4 Å². The van der Waals surface area contributed by atoms with Crippen molar-refractivity contribution in [1.82, 2.24) is 0 Å². The molecule has 1 amide bonds. The number of rotatable bonds is 11. The van der Waals surface area contributed by atoms with Gasteiger partial charge in [0.15, 0.2) is 0 Å². The van der Waals surface area contributed by atoms with Gasteiger partial charge in [0.1, 0.15) is 18.1 Å². The van der Waals surface area contributed by atoms with Crippen molar-refractivity contribution >= 4 is 17.3 Å². The molecule has 2 N–H and O–H groups in total. The van der Waals surface area contributed by atoms with Gasteiger partial charge in [-0.05, 0) is 60.9 Å². The van der Waals surface area contributed by atoms with E-state index in [0.29, 0.717) is 19.1 Å². The minimum absolute atomic E-state index is 0.115. The molecular formula is C22H28N2O3. The Morgan fingerprint density at radius 2 is 1.59 bits per heavy atom. The van der Waals surface area contributed by atoms with E-state index in [4.69, 9.17) is 9.47 Å². The maximum absolute atomic E-state index is 12.1. The van der Waals surface area contributed by atoms with Gasteiger partial charge in [-0.3, -0.25) is 4.79 Å². The Kier molecular flexibility index (Phi) is 8.23. The van der Waals surface area contributed by atoms with Crippen LogP contribution in [0.2, 0.25) is 0 Å². The summed E-state index contributed by atoms with van der Waals surface area (Å²) < 4.78 is 11.1. The van der Waals surface area contributed by atoms with E-state index in [2.05, 4.69) is 31.1 Å². The summed E-state index contributed by atoms with van der Waals surface area (Å²) in [4.78, 5) is 12.1. The van der Waals surface area contributed by atoms with Crippen LogP contribution in [0.1, 0.15) is 20.3 Å². The van der Waals surface area contributed by atoms with Crippen LogP contribution < -0.4 is 20.1 Å². The largest absolute Gasteiger partial charge is 0.494 e. The Morgan fingerprint density at radius 3 is 2.19 bits per heavy atom. The SMILES string of the molecule is C=CCOc1ccc(NCC(=O)Nc2ccc(OCCC(C)C)cc2)cc1. The van der Waals surface area contributed by atoms with E-state index >= 15 is 0 Å². The molecule has 0 aliphatic rings. The minimum atomic E-state index is -0.115. The number of hydrogen-bond acceptors (Lipinski definition) is 4. The quantitative estimate of drug-likeness (QED) is 0.563. The number of carbonyl (C=O) groups excluding carboxylic acids is 1. The number of ether oxygens (including phenoxy) is 2. The summed E-state index contributed by atoms with van der Waals surface area (Å²) in [5, 5.41) is 5.95. The summed E-state index contributed by atoms with van der Waals surface area (Å²) >= 11 is 0. The Bertz CT molecular complexity index is 709. The zero-order valence-corrected chi connectivity index (χ0v) is 16.0. The molecule has 0 saturated carbocycles. The molecule has 0 heterocycles. The lowest BCUT2D eigenvalue weighted by molar-refractivity contribution is -0.114. The van der Waals surface area contributed by atoms with Crippen molar-refractivity contribution in [1.29, 1.82) is 0 Å². The second-order valence-electron chi connectivity index (χ2n) is 6.58. The van der Waals surface area contributed by atoms with Gasteiger partial charge in [-0.15, -0.1) is 0 Å². The second kappa shape index (κ2) is 10.9. The molecule has 2 rings (SSSR count). The monoisotopic (exact) mass is 368 g/mol. The maximum atomic E-state index is 12.1. The highest BCUT2D eigenvalue weighted by molar-refractivity contribution is 5.93. The molecule has 0 aromatic heterocycles. The summed E-state index contributed by atoms with van der Waals surface area (Å²) in [6.07, 6.45) is 2.71. The number of benzene rings is 2. The van der Waals surface area contributed by atoms with Gasteiger partial charge in [-0.2, -0.15) is 0 Å². The van der Waals surface area contributed by atoms with E-state index < -0.39 is 0 Å². The topological polar surface area (TPSA) is 59.6 Å². The summed E-state index contributed by atoms with van der Waals surface area (Å²) in [6.45, 7) is 9.30. The lowest BCUT2D eigenvalue weighted by Gasteiger charge is -2.10. The third-order valence-electron chi connectivity index (χ3n) is 3.78. The average Bonchev–Trinajstić information content (AvgIpc) is 2.66. The molecule has 0 unspecified atom stereocenters. The zero-order valence-electron chi connectivity index (χ0n) is 16.0. The van der Waals surface area contributed by atoms with Crippen molar-refractivity contribution in [3.63, 3.8) is 0 Å². The molecule has 0 aliphatic heterocycles. The molecule has 0 aliphatic carbocycles. The fourth-order valence-corrected chi connectivity index (χ4v) is 2.26. The van der Waals surface area contributed by atoms with Gasteiger partial charge < -0.3 is 20.1 Å². The molecule has 0 bridgehead atoms. The van der Waals surface area contributed by atoms with E-state index in [1.165, 1.54) is 0 Å². The fraction of sp³-hybridized carbons (Fsp3) is 0.318. The molecule has 2 aromatic rings. The highest BCUT2D eigenvalue weighted by Gasteiger charge is 2.04. The van der Waals surface area contributed by atoms with Crippen molar-refractivity contribution in [2.45, 2.75) is 20.3 Å². The van der Waals surface area contributed by atoms with Gasteiger partial charge in [-0.25, -0.2) is 0 Å². The lowest BCUT2D eigenvalue weighted by Crippen LogP contribution is -2.21. The zero-order chi connectivity index (χ0) is 19.5. The first-order valence-electron chi connectivity index (χ1n) is 9.17. The Balaban J connectivity index is 1.74. The van der Waals surface area contributed by atoms with Crippen LogP contribution in [0, 0.1) is 5.92 Å². The first-order chi connectivity index (χ1) is 13.1. The van der Waals surface area contributed by atoms with Gasteiger partial charge in [0.05, 0.1) is 13.2 Å². The normalized spacial score (nSPS) is 10.3. The summed E-state index contributed by atoms with van der Waals surface area (Å²) in [7, 11) is 0. The summed E-state index contributed by atoms with van der Waals surface area (Å²) in [5.74, 6) is 2.08. The van der Waals surface area contributed by atoms with Crippen molar-refractivity contribution < 1.29 is 14.3 Å². The smallest absolute Gasteiger partial charge is 0.243 e. The number of nitrogens with one attached hydrogen (secondary N) is 2. The summed E-state index contributed by atoms with van der Waals surface area (Å²) in [5.41, 5.74) is 1.59. The maximum Gasteiger partial charge on any atom is 0.243 e. The van der Waals surface area contributed by atoms with Gasteiger partial charge in [0.25, 0.3) is 0 Å². The Labute approximate surface area is 161 Å². The van der Waals surface area contributed by atoms with Crippen molar-refractivity contribution in [3.8, 4) is 11.5 Å². The third kappa shape index (κ3) is 7.86. The van der Waals surface area contributed by atoms with Crippen molar-refractivity contribution in [2.24, 2.45) is 5.92 Å². The second-order valence-corrected chi connectivity index (χ2v) is 6.58. The molecule has 0 saturated heterocycles. The Morgan fingerprint density at radius 1 is 1.00 bits per heavy atom. The number of amides is 1. The van der Waals surface area contributed by atoms with Crippen LogP contribution in [0.25, 0.3) is 0 Å². The molecule has 5 heteroatoms. The first kappa shape index (κ1) is 20.4. The first-order valence-corrected chi connectivity index (χ1v) is 9.17. The van der Waals surface area contributed by atoms with Crippen LogP contribution >= 0.6 is 0 Å². The number of anilines is 2. The van der Waals surface area contributed by atoms with Crippen LogP contribution in [0.4, 0.5) is 11.4 Å². The van der Waals surface area contributed by atoms with Crippen molar-refractivity contribution in [3.05, 3.63) is 61.2 Å². The lowest BCUT2D eigenvalue weighted by atomic mass is 10.1. The molecule has 2 aromatic carbocycles. The molecule has 0 radical (unpaired) electrons. The van der Waals surface area contributed by atoms with Gasteiger partial charge in [-0.1, -0.05) is 26.5 Å². The van der Waals surface area contributed by atoms with Gasteiger partial charge in [0.2, 0.25) is 5.91 Å². The Hall–Kier alpha value is -2.95. The molecule has 0 spiro atoms. The van der Waals surface area contributed by atoms with Crippen LogP contribution in [-0.2, 0) is 4.79 Å². The van der Waals surface area contributed by atoms with E-state index in [0.717, 1.165) is 29.3 Å². The third-order valence-corrected chi connectivity index (χ3v) is 3.78. The van der Waals surface area contributed by atoms with E-state index in [-0.39, 0.29) is 12.5 Å². The van der Waals surface area contributed by atoms with E-state index in [1.54, 1.807) is 6.08 Å². The molecule has 144 valence electrons. The highest BCUT2D eigenvalue weighted by atomic mass is 16.5. The van der Waals surface area contributed by atoms with Crippen LogP contribution in [-0.4, -0.2) is 25.7 Å². The van der Waals surface area contributed by atoms with Crippen LogP contribution in [0.5, 0.6) is 11.5 Å². The predicted octanol–water partition coefficient (Wildman–Crippen LogP) is 4.73. The van der Waals surface area contributed by atoms with E-state index in [1.807, 2.05) is 48.5 Å². The van der Waals surface area contributed by atoms with E-state index in [9.17, 15) is 4.79 Å². The van der Waals surface area contributed by atoms with Crippen LogP contribution in [0.15, 0.2) is 61.2 Å².